The first-order valence-electron chi connectivity index (χ1n) is 18.7. The molecule has 1 atom stereocenters. The van der Waals surface area contributed by atoms with Gasteiger partial charge in [-0.05, 0) is 102 Å². The maximum Gasteiger partial charge on any atom is 0.404 e. The maximum absolute atomic E-state index is 13.9. The summed E-state index contributed by atoms with van der Waals surface area (Å²) in [6, 6.07) is 19.3. The molecular formula is C40H50N8O8. The number of carbonyl (C=O) groups excluding carboxylic acids is 3. The molecule has 4 amide bonds. The molecule has 1 aliphatic rings. The molecule has 0 aliphatic heterocycles. The smallest absolute Gasteiger partial charge is 0.404 e. The van der Waals surface area contributed by atoms with E-state index in [4.69, 9.17) is 19.3 Å². The summed E-state index contributed by atoms with van der Waals surface area (Å²) in [7, 11) is 1.62. The van der Waals surface area contributed by atoms with Crippen molar-refractivity contribution in [3.05, 3.63) is 83.4 Å². The van der Waals surface area contributed by atoms with Crippen LogP contribution in [-0.4, -0.2) is 109 Å². The topological polar surface area (TPSA) is 219 Å². The monoisotopic (exact) mass is 770 g/mol. The van der Waals surface area contributed by atoms with Crippen molar-refractivity contribution in [1.82, 2.24) is 36.6 Å². The number of nitrogens with one attached hydrogen (secondary N) is 5. The van der Waals surface area contributed by atoms with Crippen LogP contribution in [0.25, 0.3) is 22.5 Å². The Kier molecular flexibility index (Phi) is 15.8. The number of rotatable bonds is 20. The van der Waals surface area contributed by atoms with Crippen LogP contribution in [0.1, 0.15) is 47.2 Å². The van der Waals surface area contributed by atoms with Gasteiger partial charge in [0.15, 0.2) is 0 Å². The second-order valence-corrected chi connectivity index (χ2v) is 13.7. The standard InChI is InChI=1S/C40H50N8O8/c1-26-6-9-32(37(49)41-16-17-55-20-21-56-19-18-54-2)24-34(26)31-5-3-4-28(22-31)23-35(44-38(50)30-10-7-27(8-11-30)25-42-40(52)53)39(51)43-33-14-12-29(13-15-33)36-45-47-48-46-36/h3-6,9,12-15,22,24,27,30,35,42H,7-8,10-11,16-21,23,25H2,1-2H3,(H,41,49)(H,43,51)(H,44,50)(H,52,53)(H,45,46,47,48)/t27?,30?,35-/m0/s1. The van der Waals surface area contributed by atoms with Crippen molar-refractivity contribution in [2.24, 2.45) is 11.8 Å². The van der Waals surface area contributed by atoms with Crippen LogP contribution in [0.5, 0.6) is 0 Å². The average molecular weight is 771 g/mol. The maximum atomic E-state index is 13.9. The minimum Gasteiger partial charge on any atom is -0.465 e. The van der Waals surface area contributed by atoms with Gasteiger partial charge in [-0.3, -0.25) is 14.4 Å². The van der Waals surface area contributed by atoms with Gasteiger partial charge in [-0.15, -0.1) is 10.2 Å². The molecule has 1 fully saturated rings. The summed E-state index contributed by atoms with van der Waals surface area (Å²) >= 11 is 0. The van der Waals surface area contributed by atoms with Crippen molar-refractivity contribution in [2.45, 2.75) is 45.1 Å². The van der Waals surface area contributed by atoms with E-state index in [-0.39, 0.29) is 36.0 Å². The third kappa shape index (κ3) is 12.7. The Morgan fingerprint density at radius 1 is 0.875 bits per heavy atom. The summed E-state index contributed by atoms with van der Waals surface area (Å²) in [5, 5.41) is 34.3. The molecule has 0 unspecified atom stereocenters. The zero-order valence-electron chi connectivity index (χ0n) is 31.7. The minimum atomic E-state index is -1.06. The number of tetrazole rings is 1. The van der Waals surface area contributed by atoms with Crippen molar-refractivity contribution in [3.8, 4) is 22.5 Å². The van der Waals surface area contributed by atoms with Crippen LogP contribution in [0.15, 0.2) is 66.7 Å². The second kappa shape index (κ2) is 21.4. The molecule has 1 heterocycles. The zero-order valence-corrected chi connectivity index (χ0v) is 31.7. The first-order chi connectivity index (χ1) is 27.2. The van der Waals surface area contributed by atoms with Crippen LogP contribution < -0.4 is 21.3 Å². The lowest BCUT2D eigenvalue weighted by atomic mass is 9.81. The number of methoxy groups -OCH3 is 1. The lowest BCUT2D eigenvalue weighted by Gasteiger charge is -2.29. The predicted octanol–water partition coefficient (Wildman–Crippen LogP) is 3.99. The van der Waals surface area contributed by atoms with E-state index in [1.807, 2.05) is 43.3 Å². The second-order valence-electron chi connectivity index (χ2n) is 13.7. The first kappa shape index (κ1) is 41.5. The van der Waals surface area contributed by atoms with Gasteiger partial charge in [-0.2, -0.15) is 5.21 Å². The van der Waals surface area contributed by atoms with Gasteiger partial charge < -0.3 is 40.6 Å². The fourth-order valence-corrected chi connectivity index (χ4v) is 6.55. The molecule has 0 bridgehead atoms. The number of hydrogen-bond acceptors (Lipinski definition) is 10. The van der Waals surface area contributed by atoms with Gasteiger partial charge in [0, 0.05) is 49.4 Å². The number of aromatic amines is 1. The summed E-state index contributed by atoms with van der Waals surface area (Å²) in [4.78, 5) is 51.5. The van der Waals surface area contributed by atoms with E-state index in [0.29, 0.717) is 94.4 Å². The Bertz CT molecular complexity index is 1880. The van der Waals surface area contributed by atoms with Gasteiger partial charge in [0.2, 0.25) is 17.6 Å². The summed E-state index contributed by atoms with van der Waals surface area (Å²) < 4.78 is 15.9. The van der Waals surface area contributed by atoms with Gasteiger partial charge in [-0.25, -0.2) is 4.79 Å². The fourth-order valence-electron chi connectivity index (χ4n) is 6.55. The van der Waals surface area contributed by atoms with Crippen LogP contribution in [0.4, 0.5) is 10.5 Å². The molecule has 4 aromatic rings. The zero-order chi connectivity index (χ0) is 39.7. The number of H-pyrrole nitrogens is 1. The van der Waals surface area contributed by atoms with Crippen LogP contribution in [0, 0.1) is 18.8 Å². The van der Waals surface area contributed by atoms with Crippen LogP contribution in [-0.2, 0) is 30.2 Å². The van der Waals surface area contributed by atoms with E-state index in [1.165, 1.54) is 0 Å². The number of anilines is 1. The number of aromatic nitrogens is 4. The Morgan fingerprint density at radius 3 is 2.34 bits per heavy atom. The average Bonchev–Trinajstić information content (AvgIpc) is 3.75. The van der Waals surface area contributed by atoms with Gasteiger partial charge in [0.05, 0.1) is 33.0 Å². The van der Waals surface area contributed by atoms with E-state index in [9.17, 15) is 19.2 Å². The quantitative estimate of drug-likeness (QED) is 0.0706. The molecule has 5 rings (SSSR count). The highest BCUT2D eigenvalue weighted by Gasteiger charge is 2.30. The molecule has 1 aliphatic carbocycles. The van der Waals surface area contributed by atoms with Crippen molar-refractivity contribution in [3.63, 3.8) is 0 Å². The van der Waals surface area contributed by atoms with E-state index in [2.05, 4.69) is 41.9 Å². The summed E-state index contributed by atoms with van der Waals surface area (Å²) in [5.74, 6) is -0.531. The lowest BCUT2D eigenvalue weighted by molar-refractivity contribution is -0.130. The van der Waals surface area contributed by atoms with Crippen LogP contribution in [0.2, 0.25) is 0 Å². The molecule has 3 aromatic carbocycles. The molecule has 1 aromatic heterocycles. The Morgan fingerprint density at radius 2 is 1.62 bits per heavy atom. The van der Waals surface area contributed by atoms with Gasteiger partial charge in [0.25, 0.3) is 5.91 Å². The van der Waals surface area contributed by atoms with Crippen molar-refractivity contribution >= 4 is 29.5 Å². The molecule has 0 saturated heterocycles. The number of carbonyl (C=O) groups is 4. The number of amides is 4. The third-order valence-corrected chi connectivity index (χ3v) is 9.66. The Balaban J connectivity index is 1.25. The molecule has 298 valence electrons. The molecule has 16 heteroatoms. The highest BCUT2D eigenvalue weighted by Crippen LogP contribution is 2.30. The normalized spacial score (nSPS) is 15.8. The first-order valence-corrected chi connectivity index (χ1v) is 18.7. The summed E-state index contributed by atoms with van der Waals surface area (Å²) in [5.41, 5.74) is 5.27. The van der Waals surface area contributed by atoms with Crippen LogP contribution in [0.3, 0.4) is 0 Å². The molecule has 56 heavy (non-hydrogen) atoms. The van der Waals surface area contributed by atoms with E-state index >= 15 is 0 Å². The predicted molar refractivity (Wildman–Crippen MR) is 208 cm³/mol. The van der Waals surface area contributed by atoms with E-state index in [0.717, 1.165) is 22.3 Å². The highest BCUT2D eigenvalue weighted by molar-refractivity contribution is 5.98. The number of carboxylic acid groups (broad SMARTS) is 1. The van der Waals surface area contributed by atoms with Gasteiger partial charge in [-0.1, -0.05) is 30.3 Å². The Hall–Kier alpha value is -5.71. The van der Waals surface area contributed by atoms with E-state index < -0.39 is 12.1 Å². The molecule has 16 nitrogen and oxygen atoms in total. The Labute approximate surface area is 325 Å². The molecule has 6 N–H and O–H groups in total. The lowest BCUT2D eigenvalue weighted by Crippen LogP contribution is -2.48. The van der Waals surface area contributed by atoms with Gasteiger partial charge in [0.1, 0.15) is 6.04 Å². The van der Waals surface area contributed by atoms with Crippen LogP contribution >= 0.6 is 0 Å². The van der Waals surface area contributed by atoms with Crippen molar-refractivity contribution in [1.29, 1.82) is 0 Å². The highest BCUT2D eigenvalue weighted by atomic mass is 16.5. The SMILES string of the molecule is COCCOCCOCCNC(=O)c1ccc(C)c(-c2cccc(C[C@H](NC(=O)C3CCC(CNC(=O)O)CC3)C(=O)Nc3ccc(-c4nn[nH]n4)cc3)c2)c1. The summed E-state index contributed by atoms with van der Waals surface area (Å²) in [6.45, 7) is 4.91. The molecule has 0 spiro atoms. The van der Waals surface area contributed by atoms with Crippen molar-refractivity contribution < 1.29 is 38.5 Å². The molecular weight excluding hydrogens is 720 g/mol. The number of hydrogen-bond donors (Lipinski definition) is 6. The molecule has 0 radical (unpaired) electrons. The fraction of sp³-hybridized carbons (Fsp3) is 0.425. The van der Waals surface area contributed by atoms with Crippen molar-refractivity contribution in [2.75, 3.05) is 58.6 Å². The minimum absolute atomic E-state index is 0.163. The van der Waals surface area contributed by atoms with E-state index in [1.54, 1.807) is 37.4 Å². The number of benzene rings is 3. The summed E-state index contributed by atoms with van der Waals surface area (Å²) in [6.07, 6.45) is 1.76. The molecule has 1 saturated carbocycles. The van der Waals surface area contributed by atoms with Gasteiger partial charge >= 0.3 is 6.09 Å². The number of aryl methyl sites for hydroxylation is 1. The number of ether oxygens (including phenoxy) is 3. The number of nitrogens with zero attached hydrogens (tertiary/aromatic N) is 3. The largest absolute Gasteiger partial charge is 0.465 e. The third-order valence-electron chi connectivity index (χ3n) is 9.66.